The minimum atomic E-state index is -0.294. The van der Waals surface area contributed by atoms with Crippen LogP contribution in [0.3, 0.4) is 0 Å². The molecule has 1 fully saturated rings. The van der Waals surface area contributed by atoms with Crippen LogP contribution in [0.25, 0.3) is 22.4 Å². The second-order valence-electron chi connectivity index (χ2n) is 7.64. The Labute approximate surface area is 183 Å². The molecule has 1 aromatic carbocycles. The Kier molecular flexibility index (Phi) is 5.95. The van der Waals surface area contributed by atoms with Crippen LogP contribution in [0, 0.1) is 5.82 Å². The minimum Gasteiger partial charge on any atom is -0.411 e. The van der Waals surface area contributed by atoms with Crippen molar-refractivity contribution in [1.29, 1.82) is 0 Å². The summed E-state index contributed by atoms with van der Waals surface area (Å²) in [6, 6.07) is 8.36. The Hall–Kier alpha value is -2.78. The summed E-state index contributed by atoms with van der Waals surface area (Å²) in [7, 11) is 0. The van der Waals surface area contributed by atoms with E-state index in [1.54, 1.807) is 30.2 Å². The van der Waals surface area contributed by atoms with Crippen LogP contribution >= 0.6 is 11.8 Å². The highest BCUT2D eigenvalue weighted by Gasteiger charge is 2.25. The van der Waals surface area contributed by atoms with Crippen molar-refractivity contribution >= 4 is 22.7 Å². The normalized spacial score (nSPS) is 15.6. The van der Waals surface area contributed by atoms with E-state index in [4.69, 9.17) is 8.94 Å². The van der Waals surface area contributed by atoms with Gasteiger partial charge >= 0.3 is 0 Å². The predicted octanol–water partition coefficient (Wildman–Crippen LogP) is 4.77. The number of nitrogens with zero attached hydrogens (tertiary/aromatic N) is 5. The number of piperidine rings is 1. The molecule has 7 nitrogen and oxygen atoms in total. The van der Waals surface area contributed by atoms with Gasteiger partial charge in [-0.3, -0.25) is 4.98 Å². The smallest absolute Gasteiger partial charge is 0.276 e. The van der Waals surface area contributed by atoms with Crippen molar-refractivity contribution in [2.75, 3.05) is 25.4 Å². The van der Waals surface area contributed by atoms with Gasteiger partial charge in [-0.15, -0.1) is 10.2 Å². The molecule has 0 amide bonds. The number of pyridine rings is 1. The fourth-order valence-electron chi connectivity index (χ4n) is 3.98. The fraction of sp³-hybridized carbons (Fsp3) is 0.364. The zero-order valence-corrected chi connectivity index (χ0v) is 17.7. The molecule has 0 atom stereocenters. The van der Waals surface area contributed by atoms with Gasteiger partial charge in [0.15, 0.2) is 5.58 Å². The monoisotopic (exact) mass is 439 g/mol. The number of hydrogen-bond acceptors (Lipinski definition) is 8. The van der Waals surface area contributed by atoms with Crippen molar-refractivity contribution < 1.29 is 13.3 Å². The van der Waals surface area contributed by atoms with Crippen LogP contribution in [0.1, 0.15) is 30.9 Å². The molecular formula is C22H22FN5O2S. The van der Waals surface area contributed by atoms with Crippen molar-refractivity contribution in [3.8, 4) is 11.5 Å². The molecule has 0 N–H and O–H groups in total. The van der Waals surface area contributed by atoms with E-state index in [1.165, 1.54) is 12.1 Å². The van der Waals surface area contributed by atoms with E-state index >= 15 is 0 Å². The quantitative estimate of drug-likeness (QED) is 0.301. The lowest BCUT2D eigenvalue weighted by molar-refractivity contribution is 0.210. The second-order valence-corrected chi connectivity index (χ2v) is 8.68. The van der Waals surface area contributed by atoms with E-state index in [1.807, 2.05) is 12.1 Å². The van der Waals surface area contributed by atoms with Crippen LogP contribution in [-0.2, 0) is 0 Å². The van der Waals surface area contributed by atoms with E-state index in [-0.39, 0.29) is 5.82 Å². The van der Waals surface area contributed by atoms with Crippen LogP contribution in [0.15, 0.2) is 56.9 Å². The molecule has 31 heavy (non-hydrogen) atoms. The molecule has 1 saturated heterocycles. The van der Waals surface area contributed by atoms with Crippen molar-refractivity contribution in [2.45, 2.75) is 30.4 Å². The number of hydrogen-bond donors (Lipinski definition) is 0. The average Bonchev–Trinajstić information content (AvgIpc) is 3.45. The Balaban J connectivity index is 1.07. The third-order valence-corrected chi connectivity index (χ3v) is 6.52. The summed E-state index contributed by atoms with van der Waals surface area (Å²) in [5.41, 5.74) is 2.37. The first kappa shape index (κ1) is 20.1. The summed E-state index contributed by atoms with van der Waals surface area (Å²) < 4.78 is 24.4. The third-order valence-electron chi connectivity index (χ3n) is 5.61. The van der Waals surface area contributed by atoms with E-state index in [2.05, 4.69) is 25.2 Å². The van der Waals surface area contributed by atoms with Gasteiger partial charge in [-0.1, -0.05) is 16.9 Å². The van der Waals surface area contributed by atoms with Gasteiger partial charge in [0.05, 0.1) is 5.69 Å². The number of likely N-dealkylation sites (tertiary alicyclic amines) is 1. The average molecular weight is 440 g/mol. The molecule has 1 aliphatic heterocycles. The van der Waals surface area contributed by atoms with E-state index < -0.39 is 0 Å². The molecule has 9 heteroatoms. The molecule has 4 aromatic rings. The fourth-order valence-corrected chi connectivity index (χ4v) is 4.67. The van der Waals surface area contributed by atoms with Gasteiger partial charge in [0.25, 0.3) is 5.22 Å². The van der Waals surface area contributed by atoms with Gasteiger partial charge < -0.3 is 13.8 Å². The summed E-state index contributed by atoms with van der Waals surface area (Å²) in [5, 5.41) is 14.0. The van der Waals surface area contributed by atoms with Crippen molar-refractivity contribution in [3.63, 3.8) is 0 Å². The third kappa shape index (κ3) is 4.62. The number of benzene rings is 1. The SMILES string of the molecule is Fc1ccc2c(C3CCN(CCCSc4nnc(-c5ccncc5)o4)CC3)noc2c1. The summed E-state index contributed by atoms with van der Waals surface area (Å²) in [6.45, 7) is 3.09. The Morgan fingerprint density at radius 1 is 1.10 bits per heavy atom. The first-order valence-electron chi connectivity index (χ1n) is 10.4. The molecule has 1 aliphatic rings. The van der Waals surface area contributed by atoms with Crippen molar-refractivity contribution in [3.05, 3.63) is 54.2 Å². The maximum Gasteiger partial charge on any atom is 0.276 e. The zero-order valence-electron chi connectivity index (χ0n) is 16.9. The van der Waals surface area contributed by atoms with Crippen LogP contribution < -0.4 is 0 Å². The zero-order chi connectivity index (χ0) is 21.0. The van der Waals surface area contributed by atoms with Crippen molar-refractivity contribution in [2.24, 2.45) is 0 Å². The summed E-state index contributed by atoms with van der Waals surface area (Å²) in [5.74, 6) is 1.52. The molecule has 0 bridgehead atoms. The van der Waals surface area contributed by atoms with Gasteiger partial charge in [0.1, 0.15) is 5.82 Å². The largest absolute Gasteiger partial charge is 0.411 e. The lowest BCUT2D eigenvalue weighted by atomic mass is 9.91. The highest BCUT2D eigenvalue weighted by atomic mass is 32.2. The first-order valence-corrected chi connectivity index (χ1v) is 11.4. The summed E-state index contributed by atoms with van der Waals surface area (Å²) in [4.78, 5) is 6.48. The molecule has 0 unspecified atom stereocenters. The maximum absolute atomic E-state index is 13.4. The number of aromatic nitrogens is 4. The number of fused-ring (bicyclic) bond motifs is 1. The van der Waals surface area contributed by atoms with Crippen LogP contribution in [0.5, 0.6) is 0 Å². The van der Waals surface area contributed by atoms with E-state index in [0.717, 1.165) is 61.3 Å². The Morgan fingerprint density at radius 3 is 2.77 bits per heavy atom. The maximum atomic E-state index is 13.4. The summed E-state index contributed by atoms with van der Waals surface area (Å²) >= 11 is 1.59. The van der Waals surface area contributed by atoms with Gasteiger partial charge in [-0.2, -0.15) is 0 Å². The molecule has 160 valence electrons. The summed E-state index contributed by atoms with van der Waals surface area (Å²) in [6.07, 6.45) is 6.53. The van der Waals surface area contributed by atoms with Gasteiger partial charge in [-0.25, -0.2) is 4.39 Å². The highest BCUT2D eigenvalue weighted by molar-refractivity contribution is 7.99. The van der Waals surface area contributed by atoms with E-state index in [0.29, 0.717) is 22.6 Å². The van der Waals surface area contributed by atoms with Crippen LogP contribution in [0.4, 0.5) is 4.39 Å². The molecule has 0 saturated carbocycles. The lowest BCUT2D eigenvalue weighted by Gasteiger charge is -2.31. The van der Waals surface area contributed by atoms with Gasteiger partial charge in [0.2, 0.25) is 5.89 Å². The molecule has 3 aromatic heterocycles. The topological polar surface area (TPSA) is 81.1 Å². The molecule has 0 radical (unpaired) electrons. The standard InChI is InChI=1S/C22H22FN5O2S/c23-17-2-3-18-19(14-17)30-27-20(18)15-6-11-28(12-7-15)10-1-13-31-22-26-25-21(29-22)16-4-8-24-9-5-16/h2-5,8-9,14-15H,1,6-7,10-13H2. The predicted molar refractivity (Wildman–Crippen MR) is 115 cm³/mol. The molecule has 5 rings (SSSR count). The molecule has 0 spiro atoms. The van der Waals surface area contributed by atoms with Gasteiger partial charge in [-0.05, 0) is 63.2 Å². The van der Waals surface area contributed by atoms with Crippen molar-refractivity contribution in [1.82, 2.24) is 25.2 Å². The number of thioether (sulfide) groups is 1. The Morgan fingerprint density at radius 2 is 1.94 bits per heavy atom. The second kappa shape index (κ2) is 9.15. The van der Waals surface area contributed by atoms with Crippen LogP contribution in [0.2, 0.25) is 0 Å². The molecular weight excluding hydrogens is 417 g/mol. The lowest BCUT2D eigenvalue weighted by Crippen LogP contribution is -2.34. The highest BCUT2D eigenvalue weighted by Crippen LogP contribution is 2.33. The first-order chi connectivity index (χ1) is 15.3. The molecule has 4 heterocycles. The minimum absolute atomic E-state index is 0.294. The molecule has 0 aliphatic carbocycles. The number of rotatable bonds is 7. The van der Waals surface area contributed by atoms with Crippen LogP contribution in [-0.4, -0.2) is 50.6 Å². The van der Waals surface area contributed by atoms with Gasteiger partial charge in [0, 0.05) is 41.1 Å². The Bertz CT molecular complexity index is 1140. The van der Waals surface area contributed by atoms with E-state index in [9.17, 15) is 4.39 Å². The number of halogens is 1.